The Balaban J connectivity index is 1.95. The summed E-state index contributed by atoms with van der Waals surface area (Å²) in [5.74, 6) is -1.43. The Morgan fingerprint density at radius 1 is 1.22 bits per heavy atom. The normalized spacial score (nSPS) is 17.9. The molecule has 1 saturated heterocycles. The van der Waals surface area contributed by atoms with Gasteiger partial charge in [-0.15, -0.1) is 0 Å². The van der Waals surface area contributed by atoms with E-state index in [1.54, 1.807) is 19.1 Å². The number of carboxylic acid groups (broad SMARTS) is 1. The van der Waals surface area contributed by atoms with Crippen molar-refractivity contribution in [1.82, 2.24) is 9.62 Å². The van der Waals surface area contributed by atoms with Crippen molar-refractivity contribution >= 4 is 21.9 Å². The van der Waals surface area contributed by atoms with Crippen LogP contribution in [0.2, 0.25) is 0 Å². The summed E-state index contributed by atoms with van der Waals surface area (Å²) < 4.78 is 31.7. The van der Waals surface area contributed by atoms with E-state index in [4.69, 9.17) is 4.74 Å². The summed E-state index contributed by atoms with van der Waals surface area (Å²) in [5.41, 5.74) is -0.479. The van der Waals surface area contributed by atoms with Crippen LogP contribution in [-0.2, 0) is 30.8 Å². The van der Waals surface area contributed by atoms with Gasteiger partial charge in [-0.3, -0.25) is 4.79 Å². The summed E-state index contributed by atoms with van der Waals surface area (Å²) in [4.78, 5) is 23.5. The molecule has 0 aromatic heterocycles. The van der Waals surface area contributed by atoms with E-state index in [-0.39, 0.29) is 23.6 Å². The molecule has 1 unspecified atom stereocenters. The first-order valence-corrected chi connectivity index (χ1v) is 10.3. The molecule has 1 amide bonds. The van der Waals surface area contributed by atoms with Crippen LogP contribution in [0.5, 0.6) is 0 Å². The fourth-order valence-corrected chi connectivity index (χ4v) is 4.09. The lowest BCUT2D eigenvalue weighted by Gasteiger charge is -2.26. The van der Waals surface area contributed by atoms with E-state index in [2.05, 4.69) is 5.32 Å². The van der Waals surface area contributed by atoms with Crippen LogP contribution in [0.3, 0.4) is 0 Å². The topological polar surface area (TPSA) is 113 Å². The quantitative estimate of drug-likeness (QED) is 0.676. The van der Waals surface area contributed by atoms with E-state index in [0.29, 0.717) is 32.7 Å². The van der Waals surface area contributed by atoms with Gasteiger partial charge in [-0.25, -0.2) is 13.2 Å². The number of rotatable bonds is 8. The molecule has 1 aromatic carbocycles. The fraction of sp³-hybridized carbons (Fsp3) is 0.556. The van der Waals surface area contributed by atoms with E-state index in [1.165, 1.54) is 23.4 Å². The van der Waals surface area contributed by atoms with Crippen molar-refractivity contribution in [2.75, 3.05) is 26.3 Å². The molecule has 0 saturated carbocycles. The van der Waals surface area contributed by atoms with Gasteiger partial charge in [0.15, 0.2) is 0 Å². The highest BCUT2D eigenvalue weighted by Crippen LogP contribution is 2.18. The fourth-order valence-electron chi connectivity index (χ4n) is 2.69. The lowest BCUT2D eigenvalue weighted by atomic mass is 9.98. The van der Waals surface area contributed by atoms with Crippen LogP contribution >= 0.6 is 0 Å². The number of hydrogen-bond donors (Lipinski definition) is 2. The van der Waals surface area contributed by atoms with E-state index >= 15 is 0 Å². The third-order valence-electron chi connectivity index (χ3n) is 4.77. The zero-order valence-corrected chi connectivity index (χ0v) is 16.4. The van der Waals surface area contributed by atoms with Gasteiger partial charge < -0.3 is 15.2 Å². The van der Waals surface area contributed by atoms with E-state index in [9.17, 15) is 23.1 Å². The smallest absolute Gasteiger partial charge is 0.329 e. The molecule has 1 aromatic rings. The number of amides is 1. The molecule has 1 atom stereocenters. The Kier molecular flexibility index (Phi) is 6.96. The maximum Gasteiger partial charge on any atom is 0.329 e. The van der Waals surface area contributed by atoms with Crippen LogP contribution in [0.1, 0.15) is 32.3 Å². The molecule has 8 nitrogen and oxygen atoms in total. The number of carbonyl (C=O) groups is 2. The predicted molar refractivity (Wildman–Crippen MR) is 98.8 cm³/mol. The maximum absolute atomic E-state index is 12.6. The van der Waals surface area contributed by atoms with Crippen LogP contribution < -0.4 is 5.32 Å². The second-order valence-electron chi connectivity index (χ2n) is 6.70. The Morgan fingerprint density at radius 2 is 1.81 bits per heavy atom. The number of aliphatic carboxylic acids is 1. The minimum atomic E-state index is -3.54. The molecule has 27 heavy (non-hydrogen) atoms. The zero-order valence-electron chi connectivity index (χ0n) is 15.6. The van der Waals surface area contributed by atoms with Crippen LogP contribution in [0.25, 0.3) is 0 Å². The van der Waals surface area contributed by atoms with Crippen LogP contribution in [-0.4, -0.2) is 61.5 Å². The van der Waals surface area contributed by atoms with Crippen molar-refractivity contribution in [3.63, 3.8) is 0 Å². The van der Waals surface area contributed by atoms with Gasteiger partial charge in [-0.2, -0.15) is 4.31 Å². The number of sulfonamides is 1. The van der Waals surface area contributed by atoms with E-state index < -0.39 is 21.5 Å². The van der Waals surface area contributed by atoms with Crippen molar-refractivity contribution in [1.29, 1.82) is 0 Å². The van der Waals surface area contributed by atoms with Gasteiger partial charge in [0.25, 0.3) is 0 Å². The highest BCUT2D eigenvalue weighted by Gasteiger charge is 2.32. The number of nitrogens with one attached hydrogen (secondary N) is 1. The van der Waals surface area contributed by atoms with Gasteiger partial charge in [0, 0.05) is 19.5 Å². The van der Waals surface area contributed by atoms with Gasteiger partial charge in [0.2, 0.25) is 15.9 Å². The summed E-state index contributed by atoms with van der Waals surface area (Å²) >= 11 is 0. The average molecular weight is 398 g/mol. The summed E-state index contributed by atoms with van der Waals surface area (Å²) in [5, 5.41) is 11.7. The first kappa shape index (κ1) is 21.3. The van der Waals surface area contributed by atoms with Crippen LogP contribution in [0.4, 0.5) is 0 Å². The van der Waals surface area contributed by atoms with Crippen molar-refractivity contribution in [2.24, 2.45) is 0 Å². The minimum Gasteiger partial charge on any atom is -0.480 e. The van der Waals surface area contributed by atoms with Crippen molar-refractivity contribution < 1.29 is 27.9 Å². The summed E-state index contributed by atoms with van der Waals surface area (Å²) in [7, 11) is -3.54. The molecule has 2 rings (SSSR count). The SMILES string of the molecule is CCC(C)(NC(=O)CCc1ccc(S(=O)(=O)N2CCOCC2)cc1)C(=O)O. The highest BCUT2D eigenvalue weighted by molar-refractivity contribution is 7.89. The molecular formula is C18H26N2O6S. The van der Waals surface area contributed by atoms with E-state index in [0.717, 1.165) is 5.56 Å². The Hall–Kier alpha value is -1.97. The average Bonchev–Trinajstić information content (AvgIpc) is 2.67. The van der Waals surface area contributed by atoms with Crippen molar-refractivity contribution in [2.45, 2.75) is 43.5 Å². The second-order valence-corrected chi connectivity index (χ2v) is 8.64. The molecule has 1 aliphatic heterocycles. The third-order valence-corrected chi connectivity index (χ3v) is 6.68. The molecular weight excluding hydrogens is 372 g/mol. The number of ether oxygens (including phenoxy) is 1. The predicted octanol–water partition coefficient (Wildman–Crippen LogP) is 1.01. The summed E-state index contributed by atoms with van der Waals surface area (Å²) in [6.45, 7) is 4.62. The number of carboxylic acids is 1. The molecule has 1 fully saturated rings. The minimum absolute atomic E-state index is 0.123. The Bertz CT molecular complexity index is 772. The number of nitrogens with zero attached hydrogens (tertiary/aromatic N) is 1. The molecule has 9 heteroatoms. The number of benzene rings is 1. The molecule has 0 bridgehead atoms. The first-order valence-electron chi connectivity index (χ1n) is 8.90. The number of morpholine rings is 1. The monoisotopic (exact) mass is 398 g/mol. The molecule has 0 radical (unpaired) electrons. The largest absolute Gasteiger partial charge is 0.480 e. The lowest BCUT2D eigenvalue weighted by molar-refractivity contribution is -0.147. The number of aryl methyl sites for hydroxylation is 1. The maximum atomic E-state index is 12.6. The van der Waals surface area contributed by atoms with Gasteiger partial charge >= 0.3 is 5.97 Å². The van der Waals surface area contributed by atoms with Crippen LogP contribution in [0.15, 0.2) is 29.2 Å². The Labute approximate surface area is 159 Å². The molecule has 1 aliphatic rings. The van der Waals surface area contributed by atoms with Gasteiger partial charge in [0.1, 0.15) is 5.54 Å². The van der Waals surface area contributed by atoms with Crippen molar-refractivity contribution in [3.8, 4) is 0 Å². The number of hydrogen-bond acceptors (Lipinski definition) is 5. The zero-order chi connectivity index (χ0) is 20.1. The number of carbonyl (C=O) groups excluding carboxylic acids is 1. The van der Waals surface area contributed by atoms with Gasteiger partial charge in [-0.1, -0.05) is 19.1 Å². The van der Waals surface area contributed by atoms with Crippen LogP contribution in [0, 0.1) is 0 Å². The standard InChI is InChI=1S/C18H26N2O6S/c1-3-18(2,17(22)23)19-16(21)9-6-14-4-7-15(8-5-14)27(24,25)20-10-12-26-13-11-20/h4-5,7-8H,3,6,9-13H2,1-2H3,(H,19,21)(H,22,23). The van der Waals surface area contributed by atoms with Gasteiger partial charge in [-0.05, 0) is 37.5 Å². The Morgan fingerprint density at radius 3 is 2.33 bits per heavy atom. The third kappa shape index (κ3) is 5.27. The summed E-state index contributed by atoms with van der Waals surface area (Å²) in [6, 6.07) is 6.42. The molecule has 0 aliphatic carbocycles. The van der Waals surface area contributed by atoms with E-state index in [1.807, 2.05) is 0 Å². The van der Waals surface area contributed by atoms with Crippen molar-refractivity contribution in [3.05, 3.63) is 29.8 Å². The molecule has 0 spiro atoms. The molecule has 150 valence electrons. The molecule has 2 N–H and O–H groups in total. The highest BCUT2D eigenvalue weighted by atomic mass is 32.2. The first-order chi connectivity index (χ1) is 12.7. The summed E-state index contributed by atoms with van der Waals surface area (Å²) in [6.07, 6.45) is 0.795. The van der Waals surface area contributed by atoms with Gasteiger partial charge in [0.05, 0.1) is 18.1 Å². The molecule has 1 heterocycles. The second kappa shape index (κ2) is 8.81. The lowest BCUT2D eigenvalue weighted by Crippen LogP contribution is -2.51.